The third-order valence-corrected chi connectivity index (χ3v) is 4.03. The van der Waals surface area contributed by atoms with Crippen molar-refractivity contribution < 1.29 is 26.7 Å². The second-order valence-electron chi connectivity index (χ2n) is 3.83. The maximum atomic E-state index is 13.4. The number of nitrogens with zero attached hydrogens (tertiary/aromatic N) is 1. The van der Waals surface area contributed by atoms with Crippen LogP contribution in [-0.2, 0) is 10.0 Å². The SMILES string of the molecule is CC(O)CN(C)S(=O)(=O)c1c(F)cc(F)cc1F. The highest BCUT2D eigenvalue weighted by molar-refractivity contribution is 7.89. The van der Waals surface area contributed by atoms with E-state index < -0.39 is 38.5 Å². The molecule has 1 aromatic rings. The predicted octanol–water partition coefficient (Wildman–Crippen LogP) is 1.11. The molecule has 1 rings (SSSR count). The fraction of sp³-hybridized carbons (Fsp3) is 0.400. The van der Waals surface area contributed by atoms with Gasteiger partial charge in [0.1, 0.15) is 17.5 Å². The average molecular weight is 283 g/mol. The molecule has 0 bridgehead atoms. The van der Waals surface area contributed by atoms with E-state index in [1.165, 1.54) is 6.92 Å². The zero-order valence-corrected chi connectivity index (χ0v) is 10.5. The van der Waals surface area contributed by atoms with Gasteiger partial charge in [0.05, 0.1) is 6.10 Å². The van der Waals surface area contributed by atoms with Crippen LogP contribution in [0, 0.1) is 17.5 Å². The van der Waals surface area contributed by atoms with Crippen molar-refractivity contribution in [3.63, 3.8) is 0 Å². The molecule has 0 radical (unpaired) electrons. The van der Waals surface area contributed by atoms with Gasteiger partial charge in [0.15, 0.2) is 4.90 Å². The number of halogens is 3. The van der Waals surface area contributed by atoms with Gasteiger partial charge in [-0.15, -0.1) is 0 Å². The van der Waals surface area contributed by atoms with Crippen molar-refractivity contribution in [2.24, 2.45) is 0 Å². The number of likely N-dealkylation sites (N-methyl/N-ethyl adjacent to an activating group) is 1. The summed E-state index contributed by atoms with van der Waals surface area (Å²) < 4.78 is 63.7. The Labute approximate surface area is 103 Å². The summed E-state index contributed by atoms with van der Waals surface area (Å²) in [6.07, 6.45) is -1.00. The van der Waals surface area contributed by atoms with Gasteiger partial charge in [-0.2, -0.15) is 4.31 Å². The lowest BCUT2D eigenvalue weighted by atomic mass is 10.3. The second kappa shape index (κ2) is 5.25. The molecule has 18 heavy (non-hydrogen) atoms. The van der Waals surface area contributed by atoms with E-state index in [1.807, 2.05) is 0 Å². The lowest BCUT2D eigenvalue weighted by Gasteiger charge is -2.19. The molecular formula is C10H12F3NO3S. The number of hydrogen-bond donors (Lipinski definition) is 1. The van der Waals surface area contributed by atoms with E-state index in [-0.39, 0.29) is 18.7 Å². The molecule has 1 unspecified atom stereocenters. The highest BCUT2D eigenvalue weighted by Crippen LogP contribution is 2.23. The van der Waals surface area contributed by atoms with E-state index in [0.29, 0.717) is 4.31 Å². The highest BCUT2D eigenvalue weighted by atomic mass is 32.2. The Hall–Kier alpha value is -1.12. The molecule has 4 nitrogen and oxygen atoms in total. The summed E-state index contributed by atoms with van der Waals surface area (Å²) >= 11 is 0. The van der Waals surface area contributed by atoms with Crippen molar-refractivity contribution in [2.45, 2.75) is 17.9 Å². The summed E-state index contributed by atoms with van der Waals surface area (Å²) in [6.45, 7) is 0.988. The van der Waals surface area contributed by atoms with E-state index in [4.69, 9.17) is 5.11 Å². The van der Waals surface area contributed by atoms with Crippen molar-refractivity contribution in [3.05, 3.63) is 29.6 Å². The van der Waals surface area contributed by atoms with Gasteiger partial charge in [-0.1, -0.05) is 0 Å². The first kappa shape index (κ1) is 14.9. The van der Waals surface area contributed by atoms with Gasteiger partial charge in [0.25, 0.3) is 0 Å². The Bertz CT molecular complexity index is 522. The highest BCUT2D eigenvalue weighted by Gasteiger charge is 2.29. The minimum Gasteiger partial charge on any atom is -0.392 e. The molecule has 0 saturated heterocycles. The molecule has 0 aromatic heterocycles. The van der Waals surface area contributed by atoms with Crippen LogP contribution < -0.4 is 0 Å². The van der Waals surface area contributed by atoms with Crippen molar-refractivity contribution in [1.29, 1.82) is 0 Å². The Morgan fingerprint density at radius 1 is 1.28 bits per heavy atom. The summed E-state index contributed by atoms with van der Waals surface area (Å²) in [5, 5.41) is 9.06. The number of hydrogen-bond acceptors (Lipinski definition) is 3. The van der Waals surface area contributed by atoms with Crippen LogP contribution in [0.4, 0.5) is 13.2 Å². The lowest BCUT2D eigenvalue weighted by Crippen LogP contribution is -2.34. The monoisotopic (exact) mass is 283 g/mol. The Balaban J connectivity index is 3.29. The van der Waals surface area contributed by atoms with Crippen LogP contribution in [0.1, 0.15) is 6.92 Å². The zero-order valence-electron chi connectivity index (χ0n) is 9.69. The van der Waals surface area contributed by atoms with Crippen molar-refractivity contribution in [3.8, 4) is 0 Å². The number of rotatable bonds is 4. The fourth-order valence-electron chi connectivity index (χ4n) is 1.40. The molecule has 0 aliphatic carbocycles. The largest absolute Gasteiger partial charge is 0.392 e. The first-order valence-corrected chi connectivity index (χ1v) is 6.39. The molecule has 0 amide bonds. The molecule has 8 heteroatoms. The van der Waals surface area contributed by atoms with Crippen LogP contribution in [0.3, 0.4) is 0 Å². The maximum Gasteiger partial charge on any atom is 0.248 e. The normalized spacial score (nSPS) is 13.9. The van der Waals surface area contributed by atoms with Gasteiger partial charge in [0.2, 0.25) is 10.0 Å². The van der Waals surface area contributed by atoms with Crippen LogP contribution in [0.2, 0.25) is 0 Å². The predicted molar refractivity (Wildman–Crippen MR) is 57.8 cm³/mol. The Morgan fingerprint density at radius 3 is 2.11 bits per heavy atom. The van der Waals surface area contributed by atoms with Crippen LogP contribution in [0.25, 0.3) is 0 Å². The third kappa shape index (κ3) is 3.01. The summed E-state index contributed by atoms with van der Waals surface area (Å²) in [7, 11) is -3.40. The molecule has 0 saturated carbocycles. The quantitative estimate of drug-likeness (QED) is 0.900. The lowest BCUT2D eigenvalue weighted by molar-refractivity contribution is 0.171. The van der Waals surface area contributed by atoms with Crippen molar-refractivity contribution in [1.82, 2.24) is 4.31 Å². The van der Waals surface area contributed by atoms with Crippen LogP contribution >= 0.6 is 0 Å². The number of benzene rings is 1. The first-order valence-electron chi connectivity index (χ1n) is 4.95. The first-order chi connectivity index (χ1) is 8.16. The molecule has 0 heterocycles. The van der Waals surface area contributed by atoms with Crippen LogP contribution in [-0.4, -0.2) is 37.5 Å². The van der Waals surface area contributed by atoms with Gasteiger partial charge in [-0.25, -0.2) is 21.6 Å². The Kier molecular flexibility index (Phi) is 4.36. The smallest absolute Gasteiger partial charge is 0.248 e. The number of aliphatic hydroxyl groups excluding tert-OH is 1. The molecule has 1 aromatic carbocycles. The standard InChI is InChI=1S/C10H12F3NO3S/c1-6(15)5-14(2)18(16,17)10-8(12)3-7(11)4-9(10)13/h3-4,6,15H,5H2,1-2H3. The molecule has 1 atom stereocenters. The minimum atomic E-state index is -4.46. The van der Waals surface area contributed by atoms with Gasteiger partial charge in [-0.05, 0) is 6.92 Å². The van der Waals surface area contributed by atoms with E-state index in [0.717, 1.165) is 7.05 Å². The van der Waals surface area contributed by atoms with E-state index in [2.05, 4.69) is 0 Å². The molecule has 102 valence electrons. The topological polar surface area (TPSA) is 57.6 Å². The van der Waals surface area contributed by atoms with Gasteiger partial charge in [-0.3, -0.25) is 0 Å². The Morgan fingerprint density at radius 2 is 1.72 bits per heavy atom. The van der Waals surface area contributed by atoms with E-state index in [1.54, 1.807) is 0 Å². The molecule has 0 fully saturated rings. The summed E-state index contributed by atoms with van der Waals surface area (Å²) in [4.78, 5) is -1.23. The second-order valence-corrected chi connectivity index (χ2v) is 5.81. The van der Waals surface area contributed by atoms with Crippen molar-refractivity contribution >= 4 is 10.0 Å². The van der Waals surface area contributed by atoms with E-state index >= 15 is 0 Å². The molecular weight excluding hydrogens is 271 g/mol. The van der Waals surface area contributed by atoms with Gasteiger partial charge in [0, 0.05) is 25.7 Å². The van der Waals surface area contributed by atoms with Crippen LogP contribution in [0.15, 0.2) is 17.0 Å². The maximum absolute atomic E-state index is 13.4. The van der Waals surface area contributed by atoms with Gasteiger partial charge < -0.3 is 5.11 Å². The molecule has 0 spiro atoms. The summed E-state index contributed by atoms with van der Waals surface area (Å²) in [5.74, 6) is -4.22. The van der Waals surface area contributed by atoms with Crippen molar-refractivity contribution in [2.75, 3.05) is 13.6 Å². The summed E-state index contributed by atoms with van der Waals surface area (Å²) in [5.41, 5.74) is 0. The molecule has 0 aliphatic rings. The third-order valence-electron chi connectivity index (χ3n) is 2.15. The van der Waals surface area contributed by atoms with Crippen LogP contribution in [0.5, 0.6) is 0 Å². The van der Waals surface area contributed by atoms with E-state index in [9.17, 15) is 21.6 Å². The minimum absolute atomic E-state index is 0.284. The van der Waals surface area contributed by atoms with Gasteiger partial charge >= 0.3 is 0 Å². The number of sulfonamides is 1. The zero-order chi connectivity index (χ0) is 14.1. The molecule has 0 aliphatic heterocycles. The fourth-order valence-corrected chi connectivity index (χ4v) is 2.74. The molecule has 1 N–H and O–H groups in total. The summed E-state index contributed by atoms with van der Waals surface area (Å²) in [6, 6.07) is 0.568. The average Bonchev–Trinajstić information content (AvgIpc) is 2.13. The number of aliphatic hydroxyl groups is 1.